The predicted molar refractivity (Wildman–Crippen MR) is 87.8 cm³/mol. The second-order valence-corrected chi connectivity index (χ2v) is 6.63. The van der Waals surface area contributed by atoms with Crippen LogP contribution in [0.2, 0.25) is 0 Å². The van der Waals surface area contributed by atoms with Gasteiger partial charge < -0.3 is 14.7 Å². The minimum Gasteiger partial charge on any atom is -0.390 e. The van der Waals surface area contributed by atoms with Crippen molar-refractivity contribution in [3.8, 4) is 0 Å². The van der Waals surface area contributed by atoms with Gasteiger partial charge in [0.25, 0.3) is 0 Å². The van der Waals surface area contributed by atoms with Gasteiger partial charge in [-0.3, -0.25) is 9.48 Å². The van der Waals surface area contributed by atoms with Crippen LogP contribution in [0.5, 0.6) is 0 Å². The van der Waals surface area contributed by atoms with Gasteiger partial charge in [-0.15, -0.1) is 0 Å². The zero-order valence-electron chi connectivity index (χ0n) is 14.6. The van der Waals surface area contributed by atoms with Crippen LogP contribution in [-0.2, 0) is 16.1 Å². The lowest BCUT2D eigenvalue weighted by Gasteiger charge is -2.34. The van der Waals surface area contributed by atoms with Crippen molar-refractivity contribution < 1.29 is 14.6 Å². The molecule has 23 heavy (non-hydrogen) atoms. The van der Waals surface area contributed by atoms with Gasteiger partial charge in [0.15, 0.2) is 0 Å². The average Bonchev–Trinajstić information content (AvgIpc) is 3.01. The van der Waals surface area contributed by atoms with Crippen molar-refractivity contribution in [2.45, 2.75) is 64.8 Å². The number of carbonyl (C=O) groups excluding carboxylic acids is 1. The number of aliphatic hydroxyl groups is 1. The van der Waals surface area contributed by atoms with E-state index in [0.717, 1.165) is 12.0 Å². The number of nitrogens with zero attached hydrogens (tertiary/aromatic N) is 3. The molecule has 1 N–H and O–H groups in total. The van der Waals surface area contributed by atoms with Gasteiger partial charge in [0, 0.05) is 43.9 Å². The number of amides is 1. The van der Waals surface area contributed by atoms with Crippen LogP contribution in [-0.4, -0.2) is 51.6 Å². The van der Waals surface area contributed by atoms with Crippen molar-refractivity contribution in [2.24, 2.45) is 5.92 Å². The molecule has 0 radical (unpaired) electrons. The molecule has 1 aliphatic carbocycles. The quantitative estimate of drug-likeness (QED) is 0.869. The molecule has 6 heteroatoms. The molecule has 3 atom stereocenters. The zero-order valence-corrected chi connectivity index (χ0v) is 14.6. The van der Waals surface area contributed by atoms with E-state index in [-0.39, 0.29) is 17.9 Å². The molecule has 0 aromatic carbocycles. The topological polar surface area (TPSA) is 67.6 Å². The third kappa shape index (κ3) is 4.32. The minimum atomic E-state index is -0.455. The molecule has 0 unspecified atom stereocenters. The van der Waals surface area contributed by atoms with Crippen molar-refractivity contribution >= 4 is 5.91 Å². The Kier molecular flexibility index (Phi) is 6.18. The maximum atomic E-state index is 12.8. The van der Waals surface area contributed by atoms with Gasteiger partial charge >= 0.3 is 0 Å². The first-order chi connectivity index (χ1) is 11.0. The smallest absolute Gasteiger partial charge is 0.226 e. The first kappa shape index (κ1) is 17.9. The van der Waals surface area contributed by atoms with Gasteiger partial charge in [-0.2, -0.15) is 5.10 Å². The molecule has 2 rings (SSSR count). The van der Waals surface area contributed by atoms with Gasteiger partial charge in [0.05, 0.1) is 18.4 Å². The Bertz CT molecular complexity index is 515. The summed E-state index contributed by atoms with van der Waals surface area (Å²) in [6, 6.07) is 0.317. The SMILES string of the molecule is CCN(Cc1cnn(C(C)C)c1)C(=O)[C@@H]1CC[C@H](O)[C@H](OC)C1. The van der Waals surface area contributed by atoms with Crippen LogP contribution < -0.4 is 0 Å². The summed E-state index contributed by atoms with van der Waals surface area (Å²) in [7, 11) is 1.60. The molecule has 0 saturated heterocycles. The van der Waals surface area contributed by atoms with E-state index in [2.05, 4.69) is 18.9 Å². The van der Waals surface area contributed by atoms with E-state index < -0.39 is 6.10 Å². The molecule has 0 bridgehead atoms. The highest BCUT2D eigenvalue weighted by Crippen LogP contribution is 2.28. The summed E-state index contributed by atoms with van der Waals surface area (Å²) >= 11 is 0. The third-order valence-electron chi connectivity index (χ3n) is 4.66. The Morgan fingerprint density at radius 2 is 2.26 bits per heavy atom. The fraction of sp³-hybridized carbons (Fsp3) is 0.765. The minimum absolute atomic E-state index is 0.0663. The van der Waals surface area contributed by atoms with Crippen LogP contribution >= 0.6 is 0 Å². The molecule has 0 spiro atoms. The first-order valence-corrected chi connectivity index (χ1v) is 8.48. The zero-order chi connectivity index (χ0) is 17.0. The normalized spacial score (nSPS) is 24.9. The summed E-state index contributed by atoms with van der Waals surface area (Å²) in [5.74, 6) is 0.0854. The van der Waals surface area contributed by atoms with Crippen molar-refractivity contribution in [2.75, 3.05) is 13.7 Å². The van der Waals surface area contributed by atoms with E-state index in [1.54, 1.807) is 7.11 Å². The molecule has 1 aromatic heterocycles. The Morgan fingerprint density at radius 1 is 1.52 bits per heavy atom. The van der Waals surface area contributed by atoms with E-state index in [0.29, 0.717) is 32.0 Å². The Balaban J connectivity index is 2.00. The van der Waals surface area contributed by atoms with E-state index in [1.807, 2.05) is 28.9 Å². The van der Waals surface area contributed by atoms with Crippen molar-refractivity contribution in [3.63, 3.8) is 0 Å². The molecule has 6 nitrogen and oxygen atoms in total. The number of rotatable bonds is 6. The lowest BCUT2D eigenvalue weighted by Crippen LogP contribution is -2.43. The van der Waals surface area contributed by atoms with Crippen LogP contribution in [0, 0.1) is 5.92 Å². The average molecular weight is 323 g/mol. The standard InChI is InChI=1S/C17H29N3O3/c1-5-19(10-13-9-18-20(11-13)12(2)3)17(22)14-6-7-15(21)16(8-14)23-4/h9,11-12,14-16,21H,5-8,10H2,1-4H3/t14-,15+,16-/m1/s1. The van der Waals surface area contributed by atoms with Crippen LogP contribution in [0.15, 0.2) is 12.4 Å². The van der Waals surface area contributed by atoms with Crippen LogP contribution in [0.25, 0.3) is 0 Å². The molecule has 1 amide bonds. The van der Waals surface area contributed by atoms with Gasteiger partial charge in [0.1, 0.15) is 0 Å². The Hall–Kier alpha value is -1.40. The molecule has 1 heterocycles. The van der Waals surface area contributed by atoms with E-state index in [9.17, 15) is 9.90 Å². The van der Waals surface area contributed by atoms with Crippen molar-refractivity contribution in [3.05, 3.63) is 18.0 Å². The van der Waals surface area contributed by atoms with E-state index in [4.69, 9.17) is 4.74 Å². The van der Waals surface area contributed by atoms with Gasteiger partial charge in [-0.1, -0.05) is 0 Å². The summed E-state index contributed by atoms with van der Waals surface area (Å²) in [5.41, 5.74) is 1.05. The molecule has 0 aliphatic heterocycles. The number of carbonyl (C=O) groups is 1. The van der Waals surface area contributed by atoms with Crippen molar-refractivity contribution in [1.29, 1.82) is 0 Å². The fourth-order valence-corrected chi connectivity index (χ4v) is 3.16. The number of hydrogen-bond donors (Lipinski definition) is 1. The molecular formula is C17H29N3O3. The summed E-state index contributed by atoms with van der Waals surface area (Å²) in [4.78, 5) is 14.7. The maximum Gasteiger partial charge on any atom is 0.226 e. The lowest BCUT2D eigenvalue weighted by molar-refractivity contribution is -0.141. The molecule has 1 fully saturated rings. The number of hydrogen-bond acceptors (Lipinski definition) is 4. The lowest BCUT2D eigenvalue weighted by atomic mass is 9.84. The molecular weight excluding hydrogens is 294 g/mol. The highest BCUT2D eigenvalue weighted by Gasteiger charge is 2.34. The van der Waals surface area contributed by atoms with E-state index in [1.165, 1.54) is 0 Å². The molecule has 1 aromatic rings. The first-order valence-electron chi connectivity index (χ1n) is 8.48. The monoisotopic (exact) mass is 323 g/mol. The Labute approximate surface area is 138 Å². The molecule has 1 aliphatic rings. The summed E-state index contributed by atoms with van der Waals surface area (Å²) in [6.07, 6.45) is 5.09. The van der Waals surface area contributed by atoms with Gasteiger partial charge in [0.2, 0.25) is 5.91 Å². The highest BCUT2D eigenvalue weighted by molar-refractivity contribution is 5.79. The van der Waals surface area contributed by atoms with Crippen LogP contribution in [0.4, 0.5) is 0 Å². The van der Waals surface area contributed by atoms with Crippen LogP contribution in [0.1, 0.15) is 51.6 Å². The highest BCUT2D eigenvalue weighted by atomic mass is 16.5. The third-order valence-corrected chi connectivity index (χ3v) is 4.66. The second kappa shape index (κ2) is 7.93. The fourth-order valence-electron chi connectivity index (χ4n) is 3.16. The van der Waals surface area contributed by atoms with Gasteiger partial charge in [-0.05, 0) is 40.0 Å². The summed E-state index contributed by atoms with van der Waals surface area (Å²) in [5, 5.41) is 14.2. The maximum absolute atomic E-state index is 12.8. The second-order valence-electron chi connectivity index (χ2n) is 6.63. The van der Waals surface area contributed by atoms with Crippen molar-refractivity contribution in [1.82, 2.24) is 14.7 Å². The summed E-state index contributed by atoms with van der Waals surface area (Å²) in [6.45, 7) is 7.41. The Morgan fingerprint density at radius 3 is 2.83 bits per heavy atom. The molecule has 130 valence electrons. The number of aliphatic hydroxyl groups excluding tert-OH is 1. The predicted octanol–water partition coefficient (Wildman–Crippen LogP) is 1.99. The number of ether oxygens (including phenoxy) is 1. The summed E-state index contributed by atoms with van der Waals surface area (Å²) < 4.78 is 7.22. The largest absolute Gasteiger partial charge is 0.390 e. The van der Waals surface area contributed by atoms with Crippen LogP contribution in [0.3, 0.4) is 0 Å². The van der Waals surface area contributed by atoms with Gasteiger partial charge in [-0.25, -0.2) is 0 Å². The van der Waals surface area contributed by atoms with E-state index >= 15 is 0 Å². The number of methoxy groups -OCH3 is 1. The molecule has 1 saturated carbocycles. The number of aromatic nitrogens is 2.